The van der Waals surface area contributed by atoms with Crippen molar-refractivity contribution in [3.05, 3.63) is 54.1 Å². The van der Waals surface area contributed by atoms with Gasteiger partial charge in [0.25, 0.3) is 0 Å². The average molecular weight is 379 g/mol. The lowest BCUT2D eigenvalue weighted by molar-refractivity contribution is -0.117. The first-order valence-corrected chi connectivity index (χ1v) is 9.76. The van der Waals surface area contributed by atoms with Gasteiger partial charge in [0.05, 0.1) is 13.2 Å². The number of hydrogen-bond donors (Lipinski definition) is 2. The Morgan fingerprint density at radius 3 is 2.61 bits per heavy atom. The maximum Gasteiger partial charge on any atom is 0.319 e. The number of nitrogens with zero attached hydrogens (tertiary/aromatic N) is 1. The predicted octanol–water partition coefficient (Wildman–Crippen LogP) is 4.09. The van der Waals surface area contributed by atoms with Crippen LogP contribution in [0.3, 0.4) is 0 Å². The largest absolute Gasteiger partial charge is 0.497 e. The van der Waals surface area contributed by atoms with Crippen LogP contribution >= 0.6 is 0 Å². The highest BCUT2D eigenvalue weighted by Crippen LogP contribution is 2.41. The minimum atomic E-state index is -0.238. The first kappa shape index (κ1) is 18.3. The molecule has 2 aromatic carbocycles. The molecule has 4 rings (SSSR count). The third-order valence-electron chi connectivity index (χ3n) is 5.34. The van der Waals surface area contributed by atoms with Crippen molar-refractivity contribution in [1.29, 1.82) is 0 Å². The maximum atomic E-state index is 12.6. The molecule has 1 aliphatic heterocycles. The Hall–Kier alpha value is -3.02. The van der Waals surface area contributed by atoms with Gasteiger partial charge in [-0.2, -0.15) is 0 Å². The highest BCUT2D eigenvalue weighted by atomic mass is 16.5. The van der Waals surface area contributed by atoms with Gasteiger partial charge in [-0.25, -0.2) is 4.79 Å². The Labute approximate surface area is 164 Å². The summed E-state index contributed by atoms with van der Waals surface area (Å²) in [5.74, 6) is 1.40. The predicted molar refractivity (Wildman–Crippen MR) is 109 cm³/mol. The van der Waals surface area contributed by atoms with Crippen LogP contribution in [0.2, 0.25) is 0 Å². The van der Waals surface area contributed by atoms with Gasteiger partial charge in [0, 0.05) is 24.3 Å². The van der Waals surface area contributed by atoms with Gasteiger partial charge < -0.3 is 20.3 Å². The average Bonchev–Trinajstić information content (AvgIpc) is 3.46. The summed E-state index contributed by atoms with van der Waals surface area (Å²) in [5.41, 5.74) is 2.59. The van der Waals surface area contributed by atoms with Crippen LogP contribution in [0, 0.1) is 5.92 Å². The standard InChI is InChI=1S/C22H25N3O3/c1-28-19-11-9-16(10-12-19)21(15-7-8-15)24-22(27)23-17-4-2-5-18(14-17)25-13-3-6-20(25)26/h2,4-5,9-12,14-15,21H,3,6-8,13H2,1H3,(H2,23,24,27). The number of rotatable bonds is 6. The van der Waals surface area contributed by atoms with E-state index in [4.69, 9.17) is 4.74 Å². The molecule has 146 valence electrons. The Kier molecular flexibility index (Phi) is 5.19. The molecule has 1 aliphatic carbocycles. The second-order valence-corrected chi connectivity index (χ2v) is 7.39. The van der Waals surface area contributed by atoms with E-state index in [0.717, 1.165) is 42.8 Å². The molecular formula is C22H25N3O3. The number of anilines is 2. The van der Waals surface area contributed by atoms with E-state index in [1.807, 2.05) is 48.5 Å². The summed E-state index contributed by atoms with van der Waals surface area (Å²) in [6.45, 7) is 0.732. The molecule has 3 amide bonds. The van der Waals surface area contributed by atoms with E-state index in [1.165, 1.54) is 0 Å². The van der Waals surface area contributed by atoms with Crippen LogP contribution in [0.15, 0.2) is 48.5 Å². The molecule has 6 nitrogen and oxygen atoms in total. The summed E-state index contributed by atoms with van der Waals surface area (Å²) in [7, 11) is 1.64. The molecule has 1 unspecified atom stereocenters. The third kappa shape index (κ3) is 4.11. The lowest BCUT2D eigenvalue weighted by Crippen LogP contribution is -2.33. The molecule has 1 heterocycles. The summed E-state index contributed by atoms with van der Waals surface area (Å²) in [5, 5.41) is 6.02. The molecular weight excluding hydrogens is 354 g/mol. The zero-order valence-corrected chi connectivity index (χ0v) is 16.0. The lowest BCUT2D eigenvalue weighted by Gasteiger charge is -2.20. The van der Waals surface area contributed by atoms with Crippen molar-refractivity contribution < 1.29 is 14.3 Å². The fraction of sp³-hybridized carbons (Fsp3) is 0.364. The van der Waals surface area contributed by atoms with E-state index in [1.54, 1.807) is 12.0 Å². The van der Waals surface area contributed by atoms with E-state index in [9.17, 15) is 9.59 Å². The first-order valence-electron chi connectivity index (χ1n) is 9.76. The molecule has 1 saturated heterocycles. The Morgan fingerprint density at radius 1 is 1.18 bits per heavy atom. The van der Waals surface area contributed by atoms with E-state index in [0.29, 0.717) is 18.0 Å². The van der Waals surface area contributed by atoms with Crippen LogP contribution in [0.4, 0.5) is 16.2 Å². The minimum absolute atomic E-state index is 0.0192. The number of benzene rings is 2. The van der Waals surface area contributed by atoms with Gasteiger partial charge in [-0.1, -0.05) is 18.2 Å². The smallest absolute Gasteiger partial charge is 0.319 e. The van der Waals surface area contributed by atoms with Gasteiger partial charge in [-0.15, -0.1) is 0 Å². The topological polar surface area (TPSA) is 70.7 Å². The van der Waals surface area contributed by atoms with Crippen LogP contribution in [-0.2, 0) is 4.79 Å². The quantitative estimate of drug-likeness (QED) is 0.794. The third-order valence-corrected chi connectivity index (χ3v) is 5.34. The van der Waals surface area contributed by atoms with Gasteiger partial charge in [0.2, 0.25) is 5.91 Å². The zero-order valence-electron chi connectivity index (χ0n) is 16.0. The van der Waals surface area contributed by atoms with Crippen molar-refractivity contribution in [2.24, 2.45) is 5.92 Å². The lowest BCUT2D eigenvalue weighted by atomic mass is 10.0. The normalized spacial score (nSPS) is 17.3. The minimum Gasteiger partial charge on any atom is -0.497 e. The second kappa shape index (κ2) is 7.92. The molecule has 28 heavy (non-hydrogen) atoms. The summed E-state index contributed by atoms with van der Waals surface area (Å²) >= 11 is 0. The van der Waals surface area contributed by atoms with Crippen molar-refractivity contribution >= 4 is 23.3 Å². The van der Waals surface area contributed by atoms with Gasteiger partial charge in [-0.3, -0.25) is 4.79 Å². The monoisotopic (exact) mass is 379 g/mol. The summed E-state index contributed by atoms with van der Waals surface area (Å²) in [6, 6.07) is 15.0. The number of methoxy groups -OCH3 is 1. The molecule has 1 saturated carbocycles. The van der Waals surface area contributed by atoms with Crippen LogP contribution < -0.4 is 20.3 Å². The van der Waals surface area contributed by atoms with Gasteiger partial charge in [0.1, 0.15) is 5.75 Å². The first-order chi connectivity index (χ1) is 13.6. The number of hydrogen-bond acceptors (Lipinski definition) is 3. The number of nitrogens with one attached hydrogen (secondary N) is 2. The van der Waals surface area contributed by atoms with Gasteiger partial charge in [0.15, 0.2) is 0 Å². The van der Waals surface area contributed by atoms with Gasteiger partial charge in [-0.05, 0) is 61.1 Å². The molecule has 1 atom stereocenters. The Balaban J connectivity index is 1.43. The summed E-state index contributed by atoms with van der Waals surface area (Å²) < 4.78 is 5.22. The van der Waals surface area contributed by atoms with Crippen LogP contribution in [0.25, 0.3) is 0 Å². The van der Waals surface area contributed by atoms with E-state index in [-0.39, 0.29) is 18.0 Å². The molecule has 0 aromatic heterocycles. The van der Waals surface area contributed by atoms with E-state index >= 15 is 0 Å². The molecule has 0 bridgehead atoms. The summed E-state index contributed by atoms with van der Waals surface area (Å²) in [4.78, 5) is 26.3. The molecule has 0 spiro atoms. The Morgan fingerprint density at radius 2 is 1.96 bits per heavy atom. The fourth-order valence-electron chi connectivity index (χ4n) is 3.70. The fourth-order valence-corrected chi connectivity index (χ4v) is 3.70. The van der Waals surface area contributed by atoms with E-state index in [2.05, 4.69) is 10.6 Å². The molecule has 2 aliphatic rings. The zero-order chi connectivity index (χ0) is 19.5. The SMILES string of the molecule is COc1ccc(C(NC(=O)Nc2cccc(N3CCCC3=O)c2)C2CC2)cc1. The number of ether oxygens (including phenoxy) is 1. The summed E-state index contributed by atoms with van der Waals surface area (Å²) in [6.07, 6.45) is 3.69. The van der Waals surface area contributed by atoms with Crippen molar-refractivity contribution in [2.75, 3.05) is 23.9 Å². The number of carbonyl (C=O) groups is 2. The highest BCUT2D eigenvalue weighted by molar-refractivity contribution is 5.96. The van der Waals surface area contributed by atoms with Crippen LogP contribution in [0.1, 0.15) is 37.3 Å². The molecule has 6 heteroatoms. The van der Waals surface area contributed by atoms with Crippen LogP contribution in [0.5, 0.6) is 5.75 Å². The van der Waals surface area contributed by atoms with Crippen molar-refractivity contribution in [1.82, 2.24) is 5.32 Å². The van der Waals surface area contributed by atoms with Crippen molar-refractivity contribution in [3.8, 4) is 5.75 Å². The van der Waals surface area contributed by atoms with Crippen LogP contribution in [-0.4, -0.2) is 25.6 Å². The highest BCUT2D eigenvalue weighted by Gasteiger charge is 2.33. The molecule has 2 aromatic rings. The maximum absolute atomic E-state index is 12.6. The molecule has 0 radical (unpaired) electrons. The molecule has 2 N–H and O–H groups in total. The second-order valence-electron chi connectivity index (χ2n) is 7.39. The number of urea groups is 1. The van der Waals surface area contributed by atoms with Crippen molar-refractivity contribution in [2.45, 2.75) is 31.7 Å². The number of carbonyl (C=O) groups excluding carboxylic acids is 2. The van der Waals surface area contributed by atoms with Gasteiger partial charge >= 0.3 is 6.03 Å². The Bertz CT molecular complexity index is 862. The van der Waals surface area contributed by atoms with Crippen molar-refractivity contribution in [3.63, 3.8) is 0 Å². The van der Waals surface area contributed by atoms with E-state index < -0.39 is 0 Å². The molecule has 2 fully saturated rings. The number of amides is 3.